The molecule has 0 fully saturated rings. The van der Waals surface area contributed by atoms with Crippen LogP contribution in [0.2, 0.25) is 5.02 Å². The second-order valence-electron chi connectivity index (χ2n) is 5.60. The van der Waals surface area contributed by atoms with Crippen LogP contribution in [0, 0.1) is 10.1 Å². The highest BCUT2D eigenvalue weighted by molar-refractivity contribution is 6.31. The minimum absolute atomic E-state index is 0.0830. The average Bonchev–Trinajstić information content (AvgIpc) is 3.17. The number of esters is 1. The zero-order chi connectivity index (χ0) is 20.7. The van der Waals surface area contributed by atoms with Crippen molar-refractivity contribution in [2.45, 2.75) is 6.54 Å². The van der Waals surface area contributed by atoms with Gasteiger partial charge in [0.05, 0.1) is 24.3 Å². The van der Waals surface area contributed by atoms with Crippen LogP contribution in [0.25, 0.3) is 0 Å². The Morgan fingerprint density at radius 1 is 1.32 bits per heavy atom. The summed E-state index contributed by atoms with van der Waals surface area (Å²) in [5, 5.41) is 13.7. The molecule has 1 aromatic heterocycles. The molecule has 1 N–H and O–H groups in total. The van der Waals surface area contributed by atoms with Gasteiger partial charge in [0.25, 0.3) is 11.6 Å². The molecule has 2 rings (SSSR count). The topological polar surface area (TPSA) is 132 Å². The van der Waals surface area contributed by atoms with E-state index in [0.29, 0.717) is 5.76 Å². The van der Waals surface area contributed by atoms with Crippen molar-refractivity contribution < 1.29 is 28.5 Å². The van der Waals surface area contributed by atoms with Crippen LogP contribution in [0.15, 0.2) is 41.0 Å². The fraction of sp³-hybridized carbons (Fsp3) is 0.235. The Kier molecular flexibility index (Phi) is 7.10. The standard InChI is InChI=1S/C17H16ClN3O7/c1-20(9-15(22)19-8-12-3-2-6-27-12)16(23)10-28-17(24)13-5-4-11(18)7-14(13)21(25)26/h2-7H,8-10H2,1H3,(H,19,22). The molecule has 0 saturated heterocycles. The van der Waals surface area contributed by atoms with Gasteiger partial charge in [0.2, 0.25) is 5.91 Å². The van der Waals surface area contributed by atoms with E-state index in [1.807, 2.05) is 0 Å². The minimum atomic E-state index is -1.05. The molecule has 2 amide bonds. The predicted molar refractivity (Wildman–Crippen MR) is 96.6 cm³/mol. The molecule has 1 aromatic carbocycles. The number of benzene rings is 1. The summed E-state index contributed by atoms with van der Waals surface area (Å²) in [5.41, 5.74) is -0.864. The lowest BCUT2D eigenvalue weighted by Crippen LogP contribution is -2.39. The Hall–Kier alpha value is -3.40. The van der Waals surface area contributed by atoms with Crippen LogP contribution in [0.1, 0.15) is 16.1 Å². The third kappa shape index (κ3) is 5.81. The first-order chi connectivity index (χ1) is 13.3. The average molecular weight is 410 g/mol. The van der Waals surface area contributed by atoms with Gasteiger partial charge in [-0.05, 0) is 24.3 Å². The van der Waals surface area contributed by atoms with Gasteiger partial charge < -0.3 is 19.4 Å². The summed E-state index contributed by atoms with van der Waals surface area (Å²) in [4.78, 5) is 47.2. The summed E-state index contributed by atoms with van der Waals surface area (Å²) in [7, 11) is 1.35. The number of nitrogens with one attached hydrogen (secondary N) is 1. The van der Waals surface area contributed by atoms with Crippen molar-refractivity contribution in [1.82, 2.24) is 10.2 Å². The van der Waals surface area contributed by atoms with Gasteiger partial charge in [-0.25, -0.2) is 4.79 Å². The van der Waals surface area contributed by atoms with E-state index in [2.05, 4.69) is 5.32 Å². The number of amides is 2. The van der Waals surface area contributed by atoms with Gasteiger partial charge in [-0.2, -0.15) is 0 Å². The summed E-state index contributed by atoms with van der Waals surface area (Å²) in [5.74, 6) is -1.58. The van der Waals surface area contributed by atoms with Crippen molar-refractivity contribution in [2.24, 2.45) is 0 Å². The summed E-state index contributed by atoms with van der Waals surface area (Å²) in [6.45, 7) is -0.776. The summed E-state index contributed by atoms with van der Waals surface area (Å²) in [6.07, 6.45) is 1.47. The molecule has 0 radical (unpaired) electrons. The Morgan fingerprint density at radius 3 is 2.71 bits per heavy atom. The number of hydrogen-bond donors (Lipinski definition) is 1. The maximum Gasteiger partial charge on any atom is 0.345 e. The molecule has 0 aliphatic carbocycles. The molecule has 10 nitrogen and oxygen atoms in total. The van der Waals surface area contributed by atoms with Gasteiger partial charge in [0, 0.05) is 18.1 Å². The number of halogens is 1. The van der Waals surface area contributed by atoms with E-state index in [-0.39, 0.29) is 23.7 Å². The van der Waals surface area contributed by atoms with Gasteiger partial charge in [-0.1, -0.05) is 11.6 Å². The smallest absolute Gasteiger partial charge is 0.345 e. The fourth-order valence-corrected chi connectivity index (χ4v) is 2.27. The highest BCUT2D eigenvalue weighted by atomic mass is 35.5. The van der Waals surface area contributed by atoms with Crippen molar-refractivity contribution in [3.63, 3.8) is 0 Å². The molecule has 11 heteroatoms. The SMILES string of the molecule is CN(CC(=O)NCc1ccco1)C(=O)COC(=O)c1ccc(Cl)cc1[N+](=O)[O-]. The van der Waals surface area contributed by atoms with Gasteiger partial charge in [0.15, 0.2) is 6.61 Å². The van der Waals surface area contributed by atoms with Crippen molar-refractivity contribution in [3.05, 3.63) is 63.1 Å². The van der Waals surface area contributed by atoms with Crippen LogP contribution < -0.4 is 5.32 Å². The zero-order valence-corrected chi connectivity index (χ0v) is 15.5. The lowest BCUT2D eigenvalue weighted by atomic mass is 10.2. The van der Waals surface area contributed by atoms with Crippen molar-refractivity contribution >= 4 is 35.1 Å². The van der Waals surface area contributed by atoms with Gasteiger partial charge in [-0.3, -0.25) is 19.7 Å². The van der Waals surface area contributed by atoms with E-state index in [4.69, 9.17) is 20.8 Å². The molecule has 0 aliphatic heterocycles. The number of carbonyl (C=O) groups excluding carboxylic acids is 3. The first kappa shape index (κ1) is 20.9. The maximum atomic E-state index is 12.0. The first-order valence-electron chi connectivity index (χ1n) is 7.92. The fourth-order valence-electron chi connectivity index (χ4n) is 2.10. The number of rotatable bonds is 8. The number of ether oxygens (including phenoxy) is 1. The second-order valence-corrected chi connectivity index (χ2v) is 6.04. The monoisotopic (exact) mass is 409 g/mol. The highest BCUT2D eigenvalue weighted by Gasteiger charge is 2.23. The van der Waals surface area contributed by atoms with Crippen LogP contribution in [0.4, 0.5) is 5.69 Å². The number of carbonyl (C=O) groups is 3. The number of nitro benzene ring substituents is 1. The van der Waals surface area contributed by atoms with E-state index < -0.39 is 35.0 Å². The summed E-state index contributed by atoms with van der Waals surface area (Å²) < 4.78 is 9.89. The van der Waals surface area contributed by atoms with E-state index in [9.17, 15) is 24.5 Å². The quantitative estimate of drug-likeness (QED) is 0.399. The molecular formula is C17H16ClN3O7. The molecule has 148 valence electrons. The summed E-state index contributed by atoms with van der Waals surface area (Å²) in [6, 6.07) is 6.80. The van der Waals surface area contributed by atoms with Crippen molar-refractivity contribution in [2.75, 3.05) is 20.2 Å². The normalized spacial score (nSPS) is 10.2. The van der Waals surface area contributed by atoms with Crippen LogP contribution in [0.3, 0.4) is 0 Å². The molecule has 2 aromatic rings. The molecule has 0 unspecified atom stereocenters. The Balaban J connectivity index is 1.84. The highest BCUT2D eigenvalue weighted by Crippen LogP contribution is 2.23. The van der Waals surface area contributed by atoms with Gasteiger partial charge in [0.1, 0.15) is 11.3 Å². The molecule has 0 bridgehead atoms. The van der Waals surface area contributed by atoms with E-state index in [1.165, 1.54) is 19.4 Å². The molecule has 0 aliphatic rings. The zero-order valence-electron chi connectivity index (χ0n) is 14.7. The Bertz CT molecular complexity index is 883. The van der Waals surface area contributed by atoms with Crippen LogP contribution in [0.5, 0.6) is 0 Å². The maximum absolute atomic E-state index is 12.0. The third-order valence-electron chi connectivity index (χ3n) is 3.55. The van der Waals surface area contributed by atoms with E-state index in [0.717, 1.165) is 17.0 Å². The largest absolute Gasteiger partial charge is 0.467 e. The van der Waals surface area contributed by atoms with Crippen molar-refractivity contribution in [1.29, 1.82) is 0 Å². The molecular weight excluding hydrogens is 394 g/mol. The van der Waals surface area contributed by atoms with Crippen LogP contribution in [-0.2, 0) is 20.9 Å². The Morgan fingerprint density at radius 2 is 2.07 bits per heavy atom. The number of hydrogen-bond acceptors (Lipinski definition) is 7. The number of furan rings is 1. The third-order valence-corrected chi connectivity index (χ3v) is 3.78. The number of likely N-dealkylation sites (N-methyl/N-ethyl adjacent to an activating group) is 1. The molecule has 1 heterocycles. The van der Waals surface area contributed by atoms with Gasteiger partial charge >= 0.3 is 5.97 Å². The van der Waals surface area contributed by atoms with Crippen LogP contribution >= 0.6 is 11.6 Å². The molecule has 0 saturated carbocycles. The number of nitro groups is 1. The lowest BCUT2D eigenvalue weighted by molar-refractivity contribution is -0.385. The van der Waals surface area contributed by atoms with E-state index >= 15 is 0 Å². The molecule has 0 spiro atoms. The van der Waals surface area contributed by atoms with Gasteiger partial charge in [-0.15, -0.1) is 0 Å². The number of nitrogens with zero attached hydrogens (tertiary/aromatic N) is 2. The lowest BCUT2D eigenvalue weighted by Gasteiger charge is -2.16. The molecule has 28 heavy (non-hydrogen) atoms. The predicted octanol–water partition coefficient (Wildman–Crippen LogP) is 1.77. The minimum Gasteiger partial charge on any atom is -0.467 e. The first-order valence-corrected chi connectivity index (χ1v) is 8.30. The summed E-state index contributed by atoms with van der Waals surface area (Å²) >= 11 is 5.68. The van der Waals surface area contributed by atoms with E-state index in [1.54, 1.807) is 12.1 Å². The Labute approximate surface area is 164 Å². The second kappa shape index (κ2) is 9.51. The van der Waals surface area contributed by atoms with Crippen molar-refractivity contribution in [3.8, 4) is 0 Å². The van der Waals surface area contributed by atoms with Crippen LogP contribution in [-0.4, -0.2) is 47.8 Å². The molecule has 0 atom stereocenters.